The second kappa shape index (κ2) is 5.98. The monoisotopic (exact) mass is 200 g/mol. The van der Waals surface area contributed by atoms with Gasteiger partial charge < -0.3 is 15.4 Å². The van der Waals surface area contributed by atoms with E-state index in [-0.39, 0.29) is 18.1 Å². The summed E-state index contributed by atoms with van der Waals surface area (Å²) in [5.41, 5.74) is 0. The minimum atomic E-state index is 0.00723. The summed E-state index contributed by atoms with van der Waals surface area (Å²) < 4.78 is 5.05. The predicted octanol–water partition coefficient (Wildman–Crippen LogP) is 0.280. The van der Waals surface area contributed by atoms with Crippen LogP contribution in [0.4, 0.5) is 0 Å². The molecule has 4 nitrogen and oxygen atoms in total. The Morgan fingerprint density at radius 3 is 3.00 bits per heavy atom. The number of hydrogen-bond donors (Lipinski definition) is 2. The SMILES string of the molecule is COC(C)CNC(=O)C1CCCCN1. The molecule has 0 spiro atoms. The van der Waals surface area contributed by atoms with Crippen LogP contribution in [0.2, 0.25) is 0 Å². The highest BCUT2D eigenvalue weighted by atomic mass is 16.5. The molecule has 0 aromatic heterocycles. The third kappa shape index (κ3) is 3.64. The van der Waals surface area contributed by atoms with Gasteiger partial charge in [0, 0.05) is 13.7 Å². The third-order valence-electron chi connectivity index (χ3n) is 2.59. The standard InChI is InChI=1S/C10H20N2O2/c1-8(14-2)7-12-10(13)9-5-3-4-6-11-9/h8-9,11H,3-7H2,1-2H3,(H,12,13). The number of rotatable bonds is 4. The van der Waals surface area contributed by atoms with Crippen molar-refractivity contribution in [3.63, 3.8) is 0 Å². The number of methoxy groups -OCH3 is 1. The lowest BCUT2D eigenvalue weighted by Gasteiger charge is -2.23. The van der Waals surface area contributed by atoms with Crippen molar-refractivity contribution in [2.45, 2.75) is 38.3 Å². The molecule has 0 aromatic carbocycles. The number of amides is 1. The minimum absolute atomic E-state index is 0.00723. The first-order valence-corrected chi connectivity index (χ1v) is 5.28. The summed E-state index contributed by atoms with van der Waals surface area (Å²) in [7, 11) is 1.65. The Morgan fingerprint density at radius 1 is 1.64 bits per heavy atom. The molecule has 1 saturated heterocycles. The Balaban J connectivity index is 2.19. The summed E-state index contributed by atoms with van der Waals surface area (Å²) in [5, 5.41) is 6.08. The molecular formula is C10H20N2O2. The first kappa shape index (κ1) is 11.5. The summed E-state index contributed by atoms with van der Waals surface area (Å²) >= 11 is 0. The van der Waals surface area contributed by atoms with Gasteiger partial charge in [-0.05, 0) is 26.3 Å². The van der Waals surface area contributed by atoms with E-state index in [9.17, 15) is 4.79 Å². The Hall–Kier alpha value is -0.610. The molecule has 1 amide bonds. The summed E-state index contributed by atoms with van der Waals surface area (Å²) in [6.45, 7) is 3.49. The molecule has 0 saturated carbocycles. The van der Waals surface area contributed by atoms with Crippen molar-refractivity contribution in [3.05, 3.63) is 0 Å². The Morgan fingerprint density at radius 2 is 2.43 bits per heavy atom. The van der Waals surface area contributed by atoms with Crippen molar-refractivity contribution in [2.24, 2.45) is 0 Å². The molecule has 1 rings (SSSR count). The van der Waals surface area contributed by atoms with Crippen LogP contribution in [0, 0.1) is 0 Å². The van der Waals surface area contributed by atoms with Gasteiger partial charge in [-0.2, -0.15) is 0 Å². The van der Waals surface area contributed by atoms with Gasteiger partial charge in [0.2, 0.25) is 5.91 Å². The number of carbonyl (C=O) groups is 1. The van der Waals surface area contributed by atoms with Gasteiger partial charge in [0.05, 0.1) is 12.1 Å². The number of carbonyl (C=O) groups excluding carboxylic acids is 1. The van der Waals surface area contributed by atoms with Crippen molar-refractivity contribution in [1.82, 2.24) is 10.6 Å². The van der Waals surface area contributed by atoms with Gasteiger partial charge in [-0.25, -0.2) is 0 Å². The van der Waals surface area contributed by atoms with Gasteiger partial charge in [-0.3, -0.25) is 4.79 Å². The fraction of sp³-hybridized carbons (Fsp3) is 0.900. The van der Waals surface area contributed by atoms with Gasteiger partial charge in [0.25, 0.3) is 0 Å². The molecular weight excluding hydrogens is 180 g/mol. The minimum Gasteiger partial charge on any atom is -0.380 e. The molecule has 2 N–H and O–H groups in total. The van der Waals surface area contributed by atoms with E-state index in [1.807, 2.05) is 6.92 Å². The van der Waals surface area contributed by atoms with Crippen LogP contribution in [0.15, 0.2) is 0 Å². The summed E-state index contributed by atoms with van der Waals surface area (Å²) in [5.74, 6) is 0.105. The number of nitrogens with one attached hydrogen (secondary N) is 2. The average molecular weight is 200 g/mol. The van der Waals surface area contributed by atoms with E-state index in [0.717, 1.165) is 19.4 Å². The Kier molecular flexibility index (Phi) is 4.90. The lowest BCUT2D eigenvalue weighted by molar-refractivity contribution is -0.124. The molecule has 82 valence electrons. The van der Waals surface area contributed by atoms with Crippen LogP contribution in [0.1, 0.15) is 26.2 Å². The molecule has 0 radical (unpaired) electrons. The van der Waals surface area contributed by atoms with Crippen LogP contribution < -0.4 is 10.6 Å². The second-order valence-electron chi connectivity index (χ2n) is 3.79. The van der Waals surface area contributed by atoms with E-state index >= 15 is 0 Å². The van der Waals surface area contributed by atoms with Crippen LogP contribution in [0.3, 0.4) is 0 Å². The van der Waals surface area contributed by atoms with Crippen LogP contribution in [0.25, 0.3) is 0 Å². The van der Waals surface area contributed by atoms with E-state index in [1.54, 1.807) is 7.11 Å². The zero-order valence-electron chi connectivity index (χ0n) is 9.01. The molecule has 14 heavy (non-hydrogen) atoms. The fourth-order valence-corrected chi connectivity index (χ4v) is 1.53. The molecule has 0 aliphatic carbocycles. The van der Waals surface area contributed by atoms with Crippen LogP contribution in [0.5, 0.6) is 0 Å². The van der Waals surface area contributed by atoms with Crippen LogP contribution >= 0.6 is 0 Å². The molecule has 0 aromatic rings. The van der Waals surface area contributed by atoms with Crippen LogP contribution in [-0.4, -0.2) is 38.3 Å². The van der Waals surface area contributed by atoms with Gasteiger partial charge in [-0.1, -0.05) is 6.42 Å². The number of hydrogen-bond acceptors (Lipinski definition) is 3. The topological polar surface area (TPSA) is 50.4 Å². The van der Waals surface area contributed by atoms with Gasteiger partial charge in [-0.15, -0.1) is 0 Å². The molecule has 1 fully saturated rings. The van der Waals surface area contributed by atoms with Crippen molar-refractivity contribution < 1.29 is 9.53 Å². The lowest BCUT2D eigenvalue weighted by Crippen LogP contribution is -2.48. The molecule has 1 aliphatic heterocycles. The lowest BCUT2D eigenvalue weighted by atomic mass is 10.0. The molecule has 1 aliphatic rings. The quantitative estimate of drug-likeness (QED) is 0.685. The normalized spacial score (nSPS) is 24.3. The first-order chi connectivity index (χ1) is 6.74. The zero-order valence-corrected chi connectivity index (χ0v) is 9.01. The van der Waals surface area contributed by atoms with Gasteiger partial charge >= 0.3 is 0 Å². The first-order valence-electron chi connectivity index (χ1n) is 5.28. The van der Waals surface area contributed by atoms with Crippen molar-refractivity contribution in [3.8, 4) is 0 Å². The smallest absolute Gasteiger partial charge is 0.237 e. The third-order valence-corrected chi connectivity index (χ3v) is 2.59. The Bertz CT molecular complexity index is 179. The molecule has 0 bridgehead atoms. The van der Waals surface area contributed by atoms with E-state index in [2.05, 4.69) is 10.6 Å². The Labute approximate surface area is 85.4 Å². The zero-order chi connectivity index (χ0) is 10.4. The fourth-order valence-electron chi connectivity index (χ4n) is 1.53. The summed E-state index contributed by atoms with van der Waals surface area (Å²) in [6, 6.07) is 0.00723. The predicted molar refractivity (Wildman–Crippen MR) is 55.1 cm³/mol. The molecule has 2 atom stereocenters. The maximum absolute atomic E-state index is 11.6. The number of piperidine rings is 1. The highest BCUT2D eigenvalue weighted by Crippen LogP contribution is 2.06. The van der Waals surface area contributed by atoms with E-state index in [4.69, 9.17) is 4.74 Å². The van der Waals surface area contributed by atoms with Gasteiger partial charge in [0.15, 0.2) is 0 Å². The molecule has 4 heteroatoms. The summed E-state index contributed by atoms with van der Waals surface area (Å²) in [4.78, 5) is 11.6. The van der Waals surface area contributed by atoms with E-state index in [0.29, 0.717) is 6.54 Å². The average Bonchev–Trinajstić information content (AvgIpc) is 2.26. The van der Waals surface area contributed by atoms with Crippen LogP contribution in [-0.2, 0) is 9.53 Å². The highest BCUT2D eigenvalue weighted by molar-refractivity contribution is 5.81. The van der Waals surface area contributed by atoms with Gasteiger partial charge in [0.1, 0.15) is 0 Å². The second-order valence-corrected chi connectivity index (χ2v) is 3.79. The van der Waals surface area contributed by atoms with Crippen molar-refractivity contribution in [1.29, 1.82) is 0 Å². The largest absolute Gasteiger partial charge is 0.380 e. The van der Waals surface area contributed by atoms with Crippen molar-refractivity contribution >= 4 is 5.91 Å². The maximum Gasteiger partial charge on any atom is 0.237 e. The molecule has 1 heterocycles. The van der Waals surface area contributed by atoms with E-state index < -0.39 is 0 Å². The molecule has 2 unspecified atom stereocenters. The summed E-state index contributed by atoms with van der Waals surface area (Å²) in [6.07, 6.45) is 3.36. The number of ether oxygens (including phenoxy) is 1. The van der Waals surface area contributed by atoms with E-state index in [1.165, 1.54) is 6.42 Å². The van der Waals surface area contributed by atoms with Crippen molar-refractivity contribution in [2.75, 3.05) is 20.2 Å². The highest BCUT2D eigenvalue weighted by Gasteiger charge is 2.20. The maximum atomic E-state index is 11.6.